The van der Waals surface area contributed by atoms with Crippen LogP contribution in [0.15, 0.2) is 71.7 Å². The zero-order chi connectivity index (χ0) is 21.6. The van der Waals surface area contributed by atoms with Crippen LogP contribution in [0.25, 0.3) is 0 Å². The molecule has 6 nitrogen and oxygen atoms in total. The van der Waals surface area contributed by atoms with Gasteiger partial charge in [-0.05, 0) is 41.3 Å². The van der Waals surface area contributed by atoms with Crippen molar-refractivity contribution in [1.82, 2.24) is 0 Å². The highest BCUT2D eigenvalue weighted by atomic mass is 16.5. The van der Waals surface area contributed by atoms with Crippen LogP contribution in [0.1, 0.15) is 16.7 Å². The minimum atomic E-state index is 0.352. The molecule has 3 aromatic rings. The molecule has 0 saturated heterocycles. The molecule has 0 aliphatic carbocycles. The van der Waals surface area contributed by atoms with Gasteiger partial charge in [-0.3, -0.25) is 0 Å². The molecule has 0 unspecified atom stereocenters. The Labute approximate surface area is 183 Å². The number of para-hydroxylation sites is 1. The average molecular weight is 417 g/mol. The van der Waals surface area contributed by atoms with E-state index >= 15 is 0 Å². The molecule has 0 radical (unpaired) electrons. The van der Waals surface area contributed by atoms with Crippen LogP contribution < -0.4 is 25.4 Å². The normalized spacial score (nSPS) is 13.1. The van der Waals surface area contributed by atoms with Gasteiger partial charge in [-0.15, -0.1) is 0 Å². The van der Waals surface area contributed by atoms with Gasteiger partial charge in [-0.2, -0.15) is 0 Å². The topological polar surface area (TPSA) is 72.1 Å². The lowest BCUT2D eigenvalue weighted by molar-refractivity contribution is 0.355. The number of nitrogens with one attached hydrogen (secondary N) is 1. The van der Waals surface area contributed by atoms with E-state index in [1.54, 1.807) is 14.2 Å². The molecule has 0 saturated carbocycles. The number of benzene rings is 3. The predicted octanol–water partition coefficient (Wildman–Crippen LogP) is 4.19. The summed E-state index contributed by atoms with van der Waals surface area (Å²) in [7, 11) is 3.21. The molecule has 0 bridgehead atoms. The monoisotopic (exact) mass is 416 g/mol. The summed E-state index contributed by atoms with van der Waals surface area (Å²) in [4.78, 5) is 6.89. The van der Waals surface area contributed by atoms with Crippen LogP contribution in [0.4, 0.5) is 11.4 Å². The molecule has 1 aliphatic heterocycles. The molecule has 31 heavy (non-hydrogen) atoms. The number of hydrogen-bond acceptors (Lipinski definition) is 4. The zero-order valence-corrected chi connectivity index (χ0v) is 18.0. The van der Waals surface area contributed by atoms with Gasteiger partial charge in [0.25, 0.3) is 0 Å². The first-order chi connectivity index (χ1) is 15.2. The fourth-order valence-electron chi connectivity index (χ4n) is 3.82. The van der Waals surface area contributed by atoms with Crippen LogP contribution in [0.2, 0.25) is 0 Å². The Bertz CT molecular complexity index is 1060. The first-order valence-corrected chi connectivity index (χ1v) is 10.4. The number of hydrogen-bond donors (Lipinski definition) is 2. The van der Waals surface area contributed by atoms with Crippen molar-refractivity contribution >= 4 is 17.3 Å². The highest BCUT2D eigenvalue weighted by molar-refractivity contribution is 5.92. The zero-order valence-electron chi connectivity index (χ0n) is 18.0. The Kier molecular flexibility index (Phi) is 6.26. The molecule has 0 fully saturated rings. The van der Waals surface area contributed by atoms with Gasteiger partial charge in [0.2, 0.25) is 0 Å². The van der Waals surface area contributed by atoms with Crippen LogP contribution in [0, 0.1) is 0 Å². The molecular weight excluding hydrogens is 388 g/mol. The molecule has 1 heterocycles. The van der Waals surface area contributed by atoms with Crippen LogP contribution in [-0.4, -0.2) is 26.7 Å². The number of fused-ring (bicyclic) bond motifs is 1. The van der Waals surface area contributed by atoms with E-state index in [9.17, 15) is 0 Å². The fraction of sp³-hybridized carbons (Fsp3) is 0.240. The summed E-state index contributed by atoms with van der Waals surface area (Å²) in [5.74, 6) is 1.66. The van der Waals surface area contributed by atoms with Gasteiger partial charge >= 0.3 is 0 Å². The van der Waals surface area contributed by atoms with Gasteiger partial charge in [0.15, 0.2) is 17.5 Å². The highest BCUT2D eigenvalue weighted by Gasteiger charge is 2.18. The van der Waals surface area contributed by atoms with E-state index in [0.717, 1.165) is 30.8 Å². The second-order valence-electron chi connectivity index (χ2n) is 7.51. The Morgan fingerprint density at radius 3 is 2.48 bits per heavy atom. The largest absolute Gasteiger partial charge is 0.493 e. The van der Waals surface area contributed by atoms with E-state index in [-0.39, 0.29) is 0 Å². The van der Waals surface area contributed by atoms with Gasteiger partial charge in [0.05, 0.1) is 20.8 Å². The molecular formula is C25H28N4O2. The minimum Gasteiger partial charge on any atom is -0.493 e. The van der Waals surface area contributed by atoms with Gasteiger partial charge in [-0.25, -0.2) is 4.99 Å². The smallest absolute Gasteiger partial charge is 0.193 e. The van der Waals surface area contributed by atoms with Crippen molar-refractivity contribution < 1.29 is 9.47 Å². The molecule has 0 amide bonds. The van der Waals surface area contributed by atoms with Crippen molar-refractivity contribution in [2.24, 2.45) is 10.7 Å². The molecule has 0 aromatic heterocycles. The number of nitrogens with two attached hydrogens (primary N) is 1. The van der Waals surface area contributed by atoms with E-state index in [1.165, 1.54) is 16.8 Å². The SMILES string of the molecule is COc1ccc(NC(N)=NCc2ccc(CN3CCc4ccccc43)cc2)cc1OC. The summed E-state index contributed by atoms with van der Waals surface area (Å²) in [6.07, 6.45) is 1.12. The minimum absolute atomic E-state index is 0.352. The van der Waals surface area contributed by atoms with Gasteiger partial charge in [-0.1, -0.05) is 42.5 Å². The third-order valence-electron chi connectivity index (χ3n) is 5.47. The fourth-order valence-corrected chi connectivity index (χ4v) is 3.82. The molecule has 3 aromatic carbocycles. The summed E-state index contributed by atoms with van der Waals surface area (Å²) >= 11 is 0. The highest BCUT2D eigenvalue weighted by Crippen LogP contribution is 2.30. The third kappa shape index (κ3) is 4.91. The third-order valence-corrected chi connectivity index (χ3v) is 5.47. The second kappa shape index (κ2) is 9.43. The molecule has 160 valence electrons. The van der Waals surface area contributed by atoms with E-state index in [0.29, 0.717) is 24.0 Å². The Morgan fingerprint density at radius 1 is 0.968 bits per heavy atom. The van der Waals surface area contributed by atoms with Gasteiger partial charge in [0.1, 0.15) is 0 Å². The molecule has 6 heteroatoms. The molecule has 0 spiro atoms. The number of methoxy groups -OCH3 is 2. The lowest BCUT2D eigenvalue weighted by Crippen LogP contribution is -2.22. The van der Waals surface area contributed by atoms with Crippen molar-refractivity contribution in [3.8, 4) is 11.5 Å². The summed E-state index contributed by atoms with van der Waals surface area (Å²) in [5.41, 5.74) is 12.0. The predicted molar refractivity (Wildman–Crippen MR) is 126 cm³/mol. The van der Waals surface area contributed by atoms with E-state index < -0.39 is 0 Å². The summed E-state index contributed by atoms with van der Waals surface area (Å²) < 4.78 is 10.6. The first-order valence-electron chi connectivity index (χ1n) is 10.4. The van der Waals surface area contributed by atoms with Crippen LogP contribution in [0.3, 0.4) is 0 Å². The summed E-state index contributed by atoms with van der Waals surface area (Å²) in [6.45, 7) is 2.51. The standard InChI is InChI=1S/C25H28N4O2/c1-30-23-12-11-21(15-24(23)31-2)28-25(26)27-16-18-7-9-19(10-8-18)17-29-14-13-20-5-3-4-6-22(20)29/h3-12,15H,13-14,16-17H2,1-2H3,(H3,26,27,28). The van der Waals surface area contributed by atoms with Gasteiger partial charge < -0.3 is 25.4 Å². The lowest BCUT2D eigenvalue weighted by atomic mass is 10.1. The van der Waals surface area contributed by atoms with Crippen molar-refractivity contribution in [3.63, 3.8) is 0 Å². The quantitative estimate of drug-likeness (QED) is 0.446. The second-order valence-corrected chi connectivity index (χ2v) is 7.51. The van der Waals surface area contributed by atoms with Crippen LogP contribution in [-0.2, 0) is 19.5 Å². The number of aliphatic imine (C=N–C) groups is 1. The summed E-state index contributed by atoms with van der Waals surface area (Å²) in [5, 5.41) is 3.09. The molecule has 1 aliphatic rings. The van der Waals surface area contributed by atoms with Crippen LogP contribution in [0.5, 0.6) is 11.5 Å². The number of ether oxygens (including phenoxy) is 2. The Balaban J connectivity index is 1.34. The Hall–Kier alpha value is -3.67. The number of rotatable bonds is 7. The number of nitrogens with zero attached hydrogens (tertiary/aromatic N) is 2. The lowest BCUT2D eigenvalue weighted by Gasteiger charge is -2.19. The van der Waals surface area contributed by atoms with Crippen molar-refractivity contribution in [2.45, 2.75) is 19.5 Å². The maximum atomic E-state index is 6.06. The molecule has 3 N–H and O–H groups in total. The number of guanidine groups is 1. The van der Waals surface area contributed by atoms with E-state index in [2.05, 4.69) is 63.7 Å². The van der Waals surface area contributed by atoms with E-state index in [1.807, 2.05) is 18.2 Å². The summed E-state index contributed by atoms with van der Waals surface area (Å²) in [6, 6.07) is 22.7. The number of anilines is 2. The van der Waals surface area contributed by atoms with E-state index in [4.69, 9.17) is 15.2 Å². The molecule has 0 atom stereocenters. The average Bonchev–Trinajstić information content (AvgIpc) is 3.21. The molecule has 4 rings (SSSR count). The Morgan fingerprint density at radius 2 is 1.71 bits per heavy atom. The maximum Gasteiger partial charge on any atom is 0.193 e. The van der Waals surface area contributed by atoms with Gasteiger partial charge in [0, 0.05) is 30.5 Å². The van der Waals surface area contributed by atoms with Crippen LogP contribution >= 0.6 is 0 Å². The first kappa shape index (κ1) is 20.6. The van der Waals surface area contributed by atoms with Crippen molar-refractivity contribution in [3.05, 3.63) is 83.4 Å². The van der Waals surface area contributed by atoms with Crippen molar-refractivity contribution in [2.75, 3.05) is 31.0 Å². The van der Waals surface area contributed by atoms with Crippen molar-refractivity contribution in [1.29, 1.82) is 0 Å². The maximum absolute atomic E-state index is 6.06.